The number of esters is 1. The summed E-state index contributed by atoms with van der Waals surface area (Å²) in [5.74, 6) is 3.61. The van der Waals surface area contributed by atoms with Gasteiger partial charge in [-0.1, -0.05) is 0 Å². The second-order valence-electron chi connectivity index (χ2n) is 5.81. The van der Waals surface area contributed by atoms with Crippen LogP contribution >= 0.6 is 0 Å². The monoisotopic (exact) mass is 223 g/mol. The molecule has 0 radical (unpaired) electrons. The van der Waals surface area contributed by atoms with Crippen molar-refractivity contribution in [3.05, 3.63) is 0 Å². The second kappa shape index (κ2) is 3.73. The standard InChI is InChI=1S/C13H21NO2/c1-8(13(15)16-2)14-6-11-9-3-4-10(5-9)12(11)7-14/h8-12H,3-7H2,1-2H3/t8-,9-,10+,11+,12-/m1/s1. The van der Waals surface area contributed by atoms with Crippen molar-refractivity contribution in [1.29, 1.82) is 0 Å². The lowest BCUT2D eigenvalue weighted by Gasteiger charge is -2.23. The molecular weight excluding hydrogens is 202 g/mol. The number of likely N-dealkylation sites (tertiary alicyclic amines) is 1. The van der Waals surface area contributed by atoms with Gasteiger partial charge in [-0.25, -0.2) is 0 Å². The van der Waals surface area contributed by atoms with E-state index in [1.807, 2.05) is 6.92 Å². The normalized spacial score (nSPS) is 43.4. The maximum Gasteiger partial charge on any atom is 0.322 e. The number of carbonyl (C=O) groups is 1. The molecule has 5 atom stereocenters. The first-order valence-corrected chi connectivity index (χ1v) is 6.52. The lowest BCUT2D eigenvalue weighted by atomic mass is 9.82. The van der Waals surface area contributed by atoms with E-state index in [0.717, 1.165) is 36.8 Å². The first kappa shape index (κ1) is 10.6. The van der Waals surface area contributed by atoms with Crippen LogP contribution in [0.5, 0.6) is 0 Å². The van der Waals surface area contributed by atoms with Crippen molar-refractivity contribution in [3.63, 3.8) is 0 Å². The Bertz CT molecular complexity index is 286. The average molecular weight is 223 g/mol. The Morgan fingerprint density at radius 3 is 2.31 bits per heavy atom. The summed E-state index contributed by atoms with van der Waals surface area (Å²) in [6.07, 6.45) is 4.34. The molecule has 90 valence electrons. The summed E-state index contributed by atoms with van der Waals surface area (Å²) in [6.45, 7) is 4.24. The molecule has 0 aromatic heterocycles. The molecule has 0 unspecified atom stereocenters. The van der Waals surface area contributed by atoms with E-state index >= 15 is 0 Å². The molecule has 0 aromatic carbocycles. The molecule has 3 fully saturated rings. The number of carbonyl (C=O) groups excluding carboxylic acids is 1. The van der Waals surface area contributed by atoms with E-state index in [1.54, 1.807) is 0 Å². The third-order valence-corrected chi connectivity index (χ3v) is 5.26. The molecule has 2 bridgehead atoms. The van der Waals surface area contributed by atoms with Crippen LogP contribution in [-0.2, 0) is 9.53 Å². The van der Waals surface area contributed by atoms with Crippen LogP contribution in [0.2, 0.25) is 0 Å². The Kier molecular flexibility index (Phi) is 2.46. The van der Waals surface area contributed by atoms with E-state index in [4.69, 9.17) is 4.74 Å². The fourth-order valence-electron chi connectivity index (χ4n) is 4.35. The average Bonchev–Trinajstić information content (AvgIpc) is 2.97. The zero-order valence-electron chi connectivity index (χ0n) is 10.2. The highest BCUT2D eigenvalue weighted by Crippen LogP contribution is 2.55. The minimum absolute atomic E-state index is 0.0463. The molecule has 0 spiro atoms. The summed E-state index contributed by atoms with van der Waals surface area (Å²) >= 11 is 0. The highest BCUT2D eigenvalue weighted by molar-refractivity contribution is 5.75. The van der Waals surface area contributed by atoms with Crippen LogP contribution in [-0.4, -0.2) is 37.1 Å². The van der Waals surface area contributed by atoms with E-state index in [0.29, 0.717) is 0 Å². The molecule has 3 heteroatoms. The Labute approximate surface area is 97.1 Å². The van der Waals surface area contributed by atoms with Gasteiger partial charge in [0.1, 0.15) is 6.04 Å². The van der Waals surface area contributed by atoms with Gasteiger partial charge < -0.3 is 4.74 Å². The molecule has 0 aromatic rings. The minimum atomic E-state index is -0.0766. The minimum Gasteiger partial charge on any atom is -0.468 e. The topological polar surface area (TPSA) is 29.5 Å². The SMILES string of the molecule is COC(=O)[C@@H](C)N1C[C@@H]2[C@H]3CC[C@H](C3)[C@@H]2C1. The second-order valence-corrected chi connectivity index (χ2v) is 5.81. The summed E-state index contributed by atoms with van der Waals surface area (Å²) in [4.78, 5) is 13.9. The summed E-state index contributed by atoms with van der Waals surface area (Å²) in [5, 5.41) is 0. The number of rotatable bonds is 2. The molecule has 0 amide bonds. The van der Waals surface area contributed by atoms with Crippen LogP contribution in [0.3, 0.4) is 0 Å². The van der Waals surface area contributed by atoms with Crippen LogP contribution < -0.4 is 0 Å². The number of methoxy groups -OCH3 is 1. The smallest absolute Gasteiger partial charge is 0.322 e. The highest BCUT2D eigenvalue weighted by atomic mass is 16.5. The molecule has 3 aliphatic rings. The van der Waals surface area contributed by atoms with Crippen LogP contribution in [0, 0.1) is 23.7 Å². The summed E-state index contributed by atoms with van der Waals surface area (Å²) in [5.41, 5.74) is 0. The summed E-state index contributed by atoms with van der Waals surface area (Å²) < 4.78 is 4.84. The van der Waals surface area contributed by atoms with E-state index in [2.05, 4.69) is 4.90 Å². The highest BCUT2D eigenvalue weighted by Gasteiger charge is 2.52. The van der Waals surface area contributed by atoms with Gasteiger partial charge in [-0.05, 0) is 49.9 Å². The van der Waals surface area contributed by atoms with E-state index in [9.17, 15) is 4.79 Å². The van der Waals surface area contributed by atoms with E-state index in [1.165, 1.54) is 26.4 Å². The lowest BCUT2D eigenvalue weighted by Crippen LogP contribution is -2.39. The maximum atomic E-state index is 11.5. The Morgan fingerprint density at radius 2 is 1.81 bits per heavy atom. The Balaban J connectivity index is 1.68. The predicted octanol–water partition coefficient (Wildman–Crippen LogP) is 1.53. The summed E-state index contributed by atoms with van der Waals surface area (Å²) in [6, 6.07) is -0.0463. The number of ether oxygens (including phenoxy) is 1. The van der Waals surface area contributed by atoms with Crippen molar-refractivity contribution in [3.8, 4) is 0 Å². The van der Waals surface area contributed by atoms with Crippen molar-refractivity contribution in [2.45, 2.75) is 32.2 Å². The molecule has 3 rings (SSSR count). The van der Waals surface area contributed by atoms with Crippen LogP contribution in [0.4, 0.5) is 0 Å². The van der Waals surface area contributed by atoms with Gasteiger partial charge in [0, 0.05) is 13.1 Å². The predicted molar refractivity (Wildman–Crippen MR) is 60.9 cm³/mol. The number of nitrogens with zero attached hydrogens (tertiary/aromatic N) is 1. The molecular formula is C13H21NO2. The van der Waals surface area contributed by atoms with E-state index in [-0.39, 0.29) is 12.0 Å². The Morgan fingerprint density at radius 1 is 1.25 bits per heavy atom. The largest absolute Gasteiger partial charge is 0.468 e. The lowest BCUT2D eigenvalue weighted by molar-refractivity contribution is -0.146. The molecule has 0 N–H and O–H groups in total. The molecule has 16 heavy (non-hydrogen) atoms. The first-order chi connectivity index (χ1) is 7.70. The van der Waals surface area contributed by atoms with Gasteiger partial charge in [0.15, 0.2) is 0 Å². The zero-order valence-corrected chi connectivity index (χ0v) is 10.2. The van der Waals surface area contributed by atoms with Crippen molar-refractivity contribution in [2.24, 2.45) is 23.7 Å². The van der Waals surface area contributed by atoms with Gasteiger partial charge >= 0.3 is 5.97 Å². The fourth-order valence-corrected chi connectivity index (χ4v) is 4.35. The van der Waals surface area contributed by atoms with Gasteiger partial charge in [-0.15, -0.1) is 0 Å². The van der Waals surface area contributed by atoms with Crippen LogP contribution in [0.15, 0.2) is 0 Å². The molecule has 3 nitrogen and oxygen atoms in total. The summed E-state index contributed by atoms with van der Waals surface area (Å²) in [7, 11) is 1.49. The number of hydrogen-bond donors (Lipinski definition) is 0. The zero-order chi connectivity index (χ0) is 11.3. The van der Waals surface area contributed by atoms with Crippen molar-refractivity contribution >= 4 is 5.97 Å². The van der Waals surface area contributed by atoms with Crippen LogP contribution in [0.25, 0.3) is 0 Å². The maximum absolute atomic E-state index is 11.5. The third-order valence-electron chi connectivity index (χ3n) is 5.26. The third kappa shape index (κ3) is 1.41. The van der Waals surface area contributed by atoms with Gasteiger partial charge in [0.05, 0.1) is 7.11 Å². The molecule has 1 aliphatic heterocycles. The Hall–Kier alpha value is -0.570. The van der Waals surface area contributed by atoms with Gasteiger partial charge in [-0.2, -0.15) is 0 Å². The van der Waals surface area contributed by atoms with Crippen molar-refractivity contribution in [1.82, 2.24) is 4.90 Å². The molecule has 1 saturated heterocycles. The molecule has 1 heterocycles. The van der Waals surface area contributed by atoms with Gasteiger partial charge in [0.25, 0.3) is 0 Å². The quantitative estimate of drug-likeness (QED) is 0.665. The first-order valence-electron chi connectivity index (χ1n) is 6.52. The van der Waals surface area contributed by atoms with Crippen molar-refractivity contribution < 1.29 is 9.53 Å². The van der Waals surface area contributed by atoms with Crippen LogP contribution in [0.1, 0.15) is 26.2 Å². The van der Waals surface area contributed by atoms with Gasteiger partial charge in [0.2, 0.25) is 0 Å². The van der Waals surface area contributed by atoms with Crippen molar-refractivity contribution in [2.75, 3.05) is 20.2 Å². The van der Waals surface area contributed by atoms with E-state index < -0.39 is 0 Å². The molecule has 2 saturated carbocycles. The van der Waals surface area contributed by atoms with Gasteiger partial charge in [-0.3, -0.25) is 9.69 Å². The number of hydrogen-bond acceptors (Lipinski definition) is 3. The number of fused-ring (bicyclic) bond motifs is 5. The molecule has 2 aliphatic carbocycles. The fraction of sp³-hybridized carbons (Fsp3) is 0.923.